The lowest BCUT2D eigenvalue weighted by Gasteiger charge is -2.62. The lowest BCUT2D eigenvalue weighted by molar-refractivity contribution is 0.000635. The highest BCUT2D eigenvalue weighted by Crippen LogP contribution is 2.61. The fraction of sp³-hybridized carbons (Fsp3) is 0.280. The van der Waals surface area contributed by atoms with Crippen LogP contribution in [0.25, 0.3) is 33.4 Å². The second kappa shape index (κ2) is 11.9. The molecule has 0 saturated heterocycles. The summed E-state index contributed by atoms with van der Waals surface area (Å²) in [5, 5.41) is 0.743. The fourth-order valence-corrected chi connectivity index (χ4v) is 11.8. The SMILES string of the molecule is CC(C)(C)c1ccc(-c2cc3c4c(c2)N(C25CC6CC(CC(C6)C2)C5)c2cc(-c5ccccc5)c(-c5ccccc5)cc2B4c2cc(Cl)ccc2O3)cc1. The van der Waals surface area contributed by atoms with Crippen LogP contribution < -0.4 is 26.0 Å². The van der Waals surface area contributed by atoms with Crippen LogP contribution in [0.3, 0.4) is 0 Å². The van der Waals surface area contributed by atoms with Gasteiger partial charge >= 0.3 is 0 Å². The molecular formula is C50H45BClNO. The molecule has 2 aliphatic heterocycles. The fourth-order valence-electron chi connectivity index (χ4n) is 11.7. The van der Waals surface area contributed by atoms with Crippen molar-refractivity contribution in [1.82, 2.24) is 0 Å². The molecule has 266 valence electrons. The first-order valence-electron chi connectivity index (χ1n) is 20.1. The molecule has 0 aromatic heterocycles. The first kappa shape index (κ1) is 32.7. The van der Waals surface area contributed by atoms with Gasteiger partial charge in [-0.15, -0.1) is 0 Å². The van der Waals surface area contributed by atoms with Crippen molar-refractivity contribution < 1.29 is 4.74 Å². The molecule has 12 rings (SSSR count). The average Bonchev–Trinajstić information content (AvgIpc) is 3.17. The monoisotopic (exact) mass is 721 g/mol. The Labute approximate surface area is 325 Å². The van der Waals surface area contributed by atoms with Crippen LogP contribution in [0.1, 0.15) is 64.9 Å². The van der Waals surface area contributed by atoms with Crippen LogP contribution in [-0.2, 0) is 5.41 Å². The minimum Gasteiger partial charge on any atom is -0.458 e. The van der Waals surface area contributed by atoms with Gasteiger partial charge in [0.15, 0.2) is 0 Å². The van der Waals surface area contributed by atoms with Crippen molar-refractivity contribution in [2.75, 3.05) is 4.90 Å². The standard InChI is InChI=1S/C50H45BClNO/c1-49(2,3)38-16-14-34(15-17-38)37-23-45-48-47(24-37)54-46-19-18-39(52)25-43(46)51(48)42-26-40(35-10-6-4-7-11-35)41(36-12-8-5-9-13-36)27-44(42)53(45)50-28-31-20-32(29-50)22-33(21-31)30-50/h4-19,23-27,31-33H,20-22,28-30H2,1-3H3. The second-order valence-corrected chi connectivity index (χ2v) is 18.6. The third kappa shape index (κ3) is 5.07. The van der Waals surface area contributed by atoms with Gasteiger partial charge in [0.1, 0.15) is 11.5 Å². The van der Waals surface area contributed by atoms with E-state index in [9.17, 15) is 0 Å². The summed E-state index contributed by atoms with van der Waals surface area (Å²) < 4.78 is 7.02. The van der Waals surface area contributed by atoms with Gasteiger partial charge in [0, 0.05) is 21.9 Å². The number of benzene rings is 6. The molecule has 2 heterocycles. The molecule has 0 unspecified atom stereocenters. The summed E-state index contributed by atoms with van der Waals surface area (Å²) in [5.74, 6) is 4.26. The van der Waals surface area contributed by atoms with Crippen LogP contribution in [-0.4, -0.2) is 12.3 Å². The predicted molar refractivity (Wildman–Crippen MR) is 227 cm³/mol. The number of ether oxygens (including phenoxy) is 1. The molecule has 6 aliphatic rings. The van der Waals surface area contributed by atoms with Crippen LogP contribution in [0.15, 0.2) is 127 Å². The highest BCUT2D eigenvalue weighted by molar-refractivity contribution is 6.99. The average molecular weight is 722 g/mol. The smallest absolute Gasteiger partial charge is 0.256 e. The number of rotatable bonds is 4. The van der Waals surface area contributed by atoms with Gasteiger partial charge in [-0.2, -0.15) is 0 Å². The third-order valence-corrected chi connectivity index (χ3v) is 13.8. The Morgan fingerprint density at radius 3 is 1.81 bits per heavy atom. The molecule has 0 atom stereocenters. The zero-order chi connectivity index (χ0) is 36.3. The molecule has 6 aromatic carbocycles. The highest BCUT2D eigenvalue weighted by Gasteiger charge is 2.57. The quantitative estimate of drug-likeness (QED) is 0.168. The van der Waals surface area contributed by atoms with E-state index >= 15 is 0 Å². The summed E-state index contributed by atoms with van der Waals surface area (Å²) >= 11 is 6.87. The van der Waals surface area contributed by atoms with Crippen molar-refractivity contribution in [2.45, 2.75) is 70.3 Å². The molecule has 2 nitrogen and oxygen atoms in total. The number of anilines is 2. The van der Waals surface area contributed by atoms with Crippen molar-refractivity contribution in [3.63, 3.8) is 0 Å². The minimum absolute atomic E-state index is 0.0118. The first-order valence-corrected chi connectivity index (χ1v) is 20.4. The Kier molecular flexibility index (Phi) is 7.19. The van der Waals surface area contributed by atoms with Gasteiger partial charge in [0.25, 0.3) is 6.71 Å². The second-order valence-electron chi connectivity index (χ2n) is 18.1. The zero-order valence-electron chi connectivity index (χ0n) is 31.4. The molecule has 4 fully saturated rings. The minimum atomic E-state index is -0.0118. The van der Waals surface area contributed by atoms with E-state index in [0.29, 0.717) is 0 Å². The summed E-state index contributed by atoms with van der Waals surface area (Å²) in [7, 11) is 0. The summed E-state index contributed by atoms with van der Waals surface area (Å²) in [6.07, 6.45) is 7.97. The van der Waals surface area contributed by atoms with Gasteiger partial charge in [0.05, 0.1) is 0 Å². The normalized spacial score (nSPS) is 23.1. The topological polar surface area (TPSA) is 12.5 Å². The van der Waals surface area contributed by atoms with Crippen molar-refractivity contribution in [2.24, 2.45) is 17.8 Å². The van der Waals surface area contributed by atoms with E-state index in [-0.39, 0.29) is 17.7 Å². The highest BCUT2D eigenvalue weighted by atomic mass is 35.5. The van der Waals surface area contributed by atoms with Crippen molar-refractivity contribution in [3.8, 4) is 44.9 Å². The molecule has 0 amide bonds. The van der Waals surface area contributed by atoms with E-state index < -0.39 is 0 Å². The molecule has 4 aliphatic carbocycles. The van der Waals surface area contributed by atoms with Gasteiger partial charge < -0.3 is 9.64 Å². The molecule has 4 heteroatoms. The molecular weight excluding hydrogens is 677 g/mol. The molecule has 4 saturated carbocycles. The van der Waals surface area contributed by atoms with Crippen LogP contribution in [0.4, 0.5) is 11.4 Å². The lowest BCUT2D eigenvalue weighted by Crippen LogP contribution is -2.66. The van der Waals surface area contributed by atoms with E-state index in [1.165, 1.54) is 99.8 Å². The number of halogens is 1. The van der Waals surface area contributed by atoms with Gasteiger partial charge in [0.2, 0.25) is 0 Å². The largest absolute Gasteiger partial charge is 0.458 e. The van der Waals surface area contributed by atoms with Gasteiger partial charge in [-0.05, 0) is 153 Å². The van der Waals surface area contributed by atoms with Gasteiger partial charge in [-0.3, -0.25) is 0 Å². The summed E-state index contributed by atoms with van der Waals surface area (Å²) in [6.45, 7) is 6.85. The molecule has 0 radical (unpaired) electrons. The summed E-state index contributed by atoms with van der Waals surface area (Å²) in [6, 6.07) is 47.4. The van der Waals surface area contributed by atoms with Crippen LogP contribution in [0.2, 0.25) is 5.02 Å². The predicted octanol–water partition coefficient (Wildman–Crippen LogP) is 11.7. The maximum Gasteiger partial charge on any atom is 0.256 e. The van der Waals surface area contributed by atoms with E-state index in [1.54, 1.807) is 0 Å². The van der Waals surface area contributed by atoms with Gasteiger partial charge in [-0.1, -0.05) is 123 Å². The van der Waals surface area contributed by atoms with E-state index in [2.05, 4.69) is 147 Å². The van der Waals surface area contributed by atoms with Crippen molar-refractivity contribution >= 4 is 46.1 Å². The van der Waals surface area contributed by atoms with Crippen LogP contribution >= 0.6 is 11.6 Å². The Balaban J connectivity index is 1.22. The lowest BCUT2D eigenvalue weighted by atomic mass is 9.33. The summed E-state index contributed by atoms with van der Waals surface area (Å²) in [5.41, 5.74) is 15.4. The Morgan fingerprint density at radius 1 is 0.593 bits per heavy atom. The first-order chi connectivity index (χ1) is 26.2. The Hall–Kier alpha value is -4.73. The molecule has 0 spiro atoms. The van der Waals surface area contributed by atoms with E-state index in [4.69, 9.17) is 16.3 Å². The van der Waals surface area contributed by atoms with E-state index in [0.717, 1.165) is 39.7 Å². The third-order valence-electron chi connectivity index (χ3n) is 13.6. The van der Waals surface area contributed by atoms with Crippen molar-refractivity contribution in [3.05, 3.63) is 138 Å². The van der Waals surface area contributed by atoms with E-state index in [1.807, 2.05) is 6.07 Å². The molecule has 54 heavy (non-hydrogen) atoms. The van der Waals surface area contributed by atoms with Crippen LogP contribution in [0.5, 0.6) is 11.5 Å². The maximum absolute atomic E-state index is 7.02. The molecule has 0 N–H and O–H groups in total. The Morgan fingerprint density at radius 2 is 1.20 bits per heavy atom. The zero-order valence-corrected chi connectivity index (χ0v) is 32.2. The number of nitrogens with zero attached hydrogens (tertiary/aromatic N) is 1. The molecule has 6 aromatic rings. The van der Waals surface area contributed by atoms with Gasteiger partial charge in [-0.25, -0.2) is 0 Å². The number of fused-ring (bicyclic) bond motifs is 4. The number of hydrogen-bond donors (Lipinski definition) is 0. The van der Waals surface area contributed by atoms with Crippen LogP contribution in [0, 0.1) is 17.8 Å². The maximum atomic E-state index is 7.02. The molecule has 4 bridgehead atoms. The number of hydrogen-bond acceptors (Lipinski definition) is 2. The Bertz CT molecular complexity index is 2410. The van der Waals surface area contributed by atoms with Crippen molar-refractivity contribution in [1.29, 1.82) is 0 Å². The summed E-state index contributed by atoms with van der Waals surface area (Å²) in [4.78, 5) is 2.88.